The summed E-state index contributed by atoms with van der Waals surface area (Å²) in [6.45, 7) is 5.73. The van der Waals surface area contributed by atoms with E-state index in [4.69, 9.17) is 9.47 Å². The van der Waals surface area contributed by atoms with Gasteiger partial charge in [0, 0.05) is 24.3 Å². The molecule has 0 radical (unpaired) electrons. The van der Waals surface area contributed by atoms with Crippen molar-refractivity contribution >= 4 is 5.91 Å². The van der Waals surface area contributed by atoms with Gasteiger partial charge in [-0.3, -0.25) is 9.69 Å². The SMILES string of the molecule is Cc1nn(-c2ccccc2)c(C)c1CN(C)CC(=O)NCc1ccc2c(c1)OCO2. The lowest BCUT2D eigenvalue weighted by Crippen LogP contribution is -2.34. The fourth-order valence-electron chi connectivity index (χ4n) is 3.60. The first kappa shape index (κ1) is 20.0. The normalized spacial score (nSPS) is 12.4. The molecule has 7 nitrogen and oxygen atoms in total. The smallest absolute Gasteiger partial charge is 0.234 e. The molecule has 4 rings (SSSR count). The number of ether oxygens (including phenoxy) is 2. The number of aromatic nitrogens is 2. The molecule has 1 amide bonds. The van der Waals surface area contributed by atoms with Crippen molar-refractivity contribution in [1.29, 1.82) is 0 Å². The molecular weight excluding hydrogens is 380 g/mol. The molecule has 0 atom stereocenters. The molecule has 30 heavy (non-hydrogen) atoms. The summed E-state index contributed by atoms with van der Waals surface area (Å²) in [5.74, 6) is 1.44. The molecule has 3 aromatic rings. The molecule has 7 heteroatoms. The highest BCUT2D eigenvalue weighted by Crippen LogP contribution is 2.32. The summed E-state index contributed by atoms with van der Waals surface area (Å²) in [5, 5.41) is 7.65. The van der Waals surface area contributed by atoms with Crippen LogP contribution in [0.3, 0.4) is 0 Å². The number of rotatable bonds is 7. The Balaban J connectivity index is 1.34. The fraction of sp³-hybridized carbons (Fsp3) is 0.304. The van der Waals surface area contributed by atoms with Gasteiger partial charge in [0.25, 0.3) is 0 Å². The van der Waals surface area contributed by atoms with E-state index in [9.17, 15) is 4.79 Å². The Kier molecular flexibility index (Phi) is 5.72. The zero-order chi connectivity index (χ0) is 21.1. The summed E-state index contributed by atoms with van der Waals surface area (Å²) in [4.78, 5) is 14.4. The van der Waals surface area contributed by atoms with Gasteiger partial charge in [0.15, 0.2) is 11.5 Å². The number of carbonyl (C=O) groups excluding carboxylic acids is 1. The Bertz CT molecular complexity index is 1050. The predicted octanol–water partition coefficient (Wildman–Crippen LogP) is 2.97. The third-order valence-electron chi connectivity index (χ3n) is 5.21. The van der Waals surface area contributed by atoms with Crippen molar-refractivity contribution in [2.45, 2.75) is 26.9 Å². The molecule has 1 aliphatic heterocycles. The average Bonchev–Trinajstić information content (AvgIpc) is 3.32. The second-order valence-corrected chi connectivity index (χ2v) is 7.53. The van der Waals surface area contributed by atoms with Gasteiger partial charge in [0.05, 0.1) is 17.9 Å². The molecule has 2 aromatic carbocycles. The van der Waals surface area contributed by atoms with Gasteiger partial charge in [-0.2, -0.15) is 5.10 Å². The highest BCUT2D eigenvalue weighted by Gasteiger charge is 2.17. The number of aryl methyl sites for hydroxylation is 1. The third-order valence-corrected chi connectivity index (χ3v) is 5.21. The number of nitrogens with one attached hydrogen (secondary N) is 1. The molecule has 0 saturated heterocycles. The van der Waals surface area contributed by atoms with Crippen molar-refractivity contribution in [2.24, 2.45) is 0 Å². The number of benzene rings is 2. The molecule has 0 saturated carbocycles. The predicted molar refractivity (Wildman–Crippen MR) is 114 cm³/mol. The van der Waals surface area contributed by atoms with Crippen LogP contribution in [0.1, 0.15) is 22.5 Å². The van der Waals surface area contributed by atoms with E-state index >= 15 is 0 Å². The molecule has 0 fully saturated rings. The van der Waals surface area contributed by atoms with E-state index in [1.165, 1.54) is 0 Å². The maximum atomic E-state index is 12.4. The van der Waals surface area contributed by atoms with Crippen LogP contribution in [-0.4, -0.2) is 41.0 Å². The summed E-state index contributed by atoms with van der Waals surface area (Å²) in [7, 11) is 1.94. The minimum atomic E-state index is -0.0269. The summed E-state index contributed by atoms with van der Waals surface area (Å²) in [6.07, 6.45) is 0. The lowest BCUT2D eigenvalue weighted by molar-refractivity contribution is -0.122. The van der Waals surface area contributed by atoms with Crippen LogP contribution in [0.4, 0.5) is 0 Å². The quantitative estimate of drug-likeness (QED) is 0.653. The van der Waals surface area contributed by atoms with Gasteiger partial charge in [-0.05, 0) is 50.7 Å². The van der Waals surface area contributed by atoms with Crippen molar-refractivity contribution in [3.05, 3.63) is 71.0 Å². The molecular formula is C23H26N4O3. The lowest BCUT2D eigenvalue weighted by atomic mass is 10.2. The number of hydrogen-bond acceptors (Lipinski definition) is 5. The van der Waals surface area contributed by atoms with Gasteiger partial charge in [-0.25, -0.2) is 4.68 Å². The number of hydrogen-bond donors (Lipinski definition) is 1. The largest absolute Gasteiger partial charge is 0.454 e. The van der Waals surface area contributed by atoms with Crippen molar-refractivity contribution in [3.8, 4) is 17.2 Å². The fourth-order valence-corrected chi connectivity index (χ4v) is 3.60. The number of likely N-dealkylation sites (N-methyl/N-ethyl adjacent to an activating group) is 1. The zero-order valence-electron chi connectivity index (χ0n) is 17.5. The Morgan fingerprint density at radius 2 is 1.90 bits per heavy atom. The molecule has 1 aliphatic rings. The van der Waals surface area contributed by atoms with Crippen LogP contribution >= 0.6 is 0 Å². The van der Waals surface area contributed by atoms with Crippen LogP contribution in [0.2, 0.25) is 0 Å². The number of amides is 1. The van der Waals surface area contributed by atoms with E-state index in [0.717, 1.165) is 39.7 Å². The Labute approximate surface area is 176 Å². The van der Waals surface area contributed by atoms with E-state index in [0.29, 0.717) is 19.6 Å². The van der Waals surface area contributed by atoms with Crippen LogP contribution in [0.5, 0.6) is 11.5 Å². The molecule has 0 aliphatic carbocycles. The van der Waals surface area contributed by atoms with E-state index < -0.39 is 0 Å². The summed E-state index contributed by atoms with van der Waals surface area (Å²) in [5.41, 5.74) is 5.22. The summed E-state index contributed by atoms with van der Waals surface area (Å²) in [6, 6.07) is 15.8. The first-order chi connectivity index (χ1) is 14.5. The van der Waals surface area contributed by atoms with Gasteiger partial charge < -0.3 is 14.8 Å². The van der Waals surface area contributed by atoms with Gasteiger partial charge in [0.2, 0.25) is 12.7 Å². The standard InChI is InChI=1S/C23H26N4O3/c1-16-20(17(2)27(25-16)19-7-5-4-6-8-19)13-26(3)14-23(28)24-12-18-9-10-21-22(11-18)30-15-29-21/h4-11H,12-15H2,1-3H3,(H,24,28). The van der Waals surface area contributed by atoms with Crippen molar-refractivity contribution in [2.75, 3.05) is 20.4 Å². The first-order valence-electron chi connectivity index (χ1n) is 9.95. The summed E-state index contributed by atoms with van der Waals surface area (Å²) >= 11 is 0. The topological polar surface area (TPSA) is 68.6 Å². The van der Waals surface area contributed by atoms with Gasteiger partial charge in [-0.1, -0.05) is 24.3 Å². The van der Waals surface area contributed by atoms with Crippen LogP contribution in [0.15, 0.2) is 48.5 Å². The Morgan fingerprint density at radius 3 is 2.70 bits per heavy atom. The zero-order valence-corrected chi connectivity index (χ0v) is 17.5. The monoisotopic (exact) mass is 406 g/mol. The van der Waals surface area contributed by atoms with E-state index in [1.54, 1.807) is 0 Å². The van der Waals surface area contributed by atoms with Crippen LogP contribution in [-0.2, 0) is 17.9 Å². The molecule has 0 unspecified atom stereocenters. The van der Waals surface area contributed by atoms with E-state index in [2.05, 4.69) is 17.3 Å². The van der Waals surface area contributed by atoms with E-state index in [-0.39, 0.29) is 12.7 Å². The van der Waals surface area contributed by atoms with Crippen molar-refractivity contribution < 1.29 is 14.3 Å². The van der Waals surface area contributed by atoms with Crippen LogP contribution in [0.25, 0.3) is 5.69 Å². The second-order valence-electron chi connectivity index (χ2n) is 7.53. The summed E-state index contributed by atoms with van der Waals surface area (Å²) < 4.78 is 12.7. The van der Waals surface area contributed by atoms with Gasteiger partial charge >= 0.3 is 0 Å². The van der Waals surface area contributed by atoms with Gasteiger partial charge in [-0.15, -0.1) is 0 Å². The number of nitrogens with zero attached hydrogens (tertiary/aromatic N) is 3. The number of carbonyl (C=O) groups is 1. The van der Waals surface area contributed by atoms with E-state index in [1.807, 2.05) is 72.1 Å². The Hall–Kier alpha value is -3.32. The lowest BCUT2D eigenvalue weighted by Gasteiger charge is -2.17. The molecule has 2 heterocycles. The van der Waals surface area contributed by atoms with Crippen molar-refractivity contribution in [3.63, 3.8) is 0 Å². The number of para-hydroxylation sites is 1. The molecule has 0 spiro atoms. The minimum absolute atomic E-state index is 0.0269. The van der Waals surface area contributed by atoms with Crippen LogP contribution in [0, 0.1) is 13.8 Å². The van der Waals surface area contributed by atoms with Gasteiger partial charge in [0.1, 0.15) is 0 Å². The third kappa shape index (κ3) is 4.31. The minimum Gasteiger partial charge on any atom is -0.454 e. The molecule has 0 bridgehead atoms. The maximum absolute atomic E-state index is 12.4. The average molecular weight is 406 g/mol. The number of fused-ring (bicyclic) bond motifs is 1. The molecule has 1 aromatic heterocycles. The highest BCUT2D eigenvalue weighted by molar-refractivity contribution is 5.78. The highest BCUT2D eigenvalue weighted by atomic mass is 16.7. The molecule has 1 N–H and O–H groups in total. The molecule has 156 valence electrons. The first-order valence-corrected chi connectivity index (χ1v) is 9.95. The second kappa shape index (κ2) is 8.59. The van der Waals surface area contributed by atoms with Crippen LogP contribution < -0.4 is 14.8 Å². The van der Waals surface area contributed by atoms with Crippen molar-refractivity contribution in [1.82, 2.24) is 20.0 Å². The maximum Gasteiger partial charge on any atom is 0.234 e. The Morgan fingerprint density at radius 1 is 1.13 bits per heavy atom.